The Hall–Kier alpha value is -2.31. The van der Waals surface area contributed by atoms with Crippen molar-refractivity contribution < 1.29 is 46.1 Å². The Kier molecular flexibility index (Phi) is 10.6. The minimum absolute atomic E-state index is 0. The summed E-state index contributed by atoms with van der Waals surface area (Å²) in [6, 6.07) is 34.9. The van der Waals surface area contributed by atoms with E-state index in [-0.39, 0.29) is 35.6 Å². The molecule has 0 radical (unpaired) electrons. The molecular formula is C42H46Cl2Zr. The van der Waals surface area contributed by atoms with Crippen LogP contribution in [-0.4, -0.2) is 3.21 Å². The van der Waals surface area contributed by atoms with Gasteiger partial charge in [0.2, 0.25) is 0 Å². The van der Waals surface area contributed by atoms with E-state index in [1.165, 1.54) is 44.5 Å². The zero-order valence-electron chi connectivity index (χ0n) is 28.3. The molecule has 4 aromatic carbocycles. The van der Waals surface area contributed by atoms with Gasteiger partial charge in [-0.3, -0.25) is 0 Å². The number of rotatable bonds is 4. The van der Waals surface area contributed by atoms with E-state index in [0.29, 0.717) is 5.92 Å². The van der Waals surface area contributed by atoms with Crippen LogP contribution in [0.4, 0.5) is 0 Å². The molecule has 0 aromatic heterocycles. The van der Waals surface area contributed by atoms with Gasteiger partial charge in [0, 0.05) is 0 Å². The van der Waals surface area contributed by atoms with Gasteiger partial charge in [-0.2, -0.15) is 0 Å². The van der Waals surface area contributed by atoms with Crippen molar-refractivity contribution in [3.8, 4) is 11.1 Å². The van der Waals surface area contributed by atoms with Gasteiger partial charge < -0.3 is 24.8 Å². The molecule has 0 nitrogen and oxygen atoms in total. The third-order valence-electron chi connectivity index (χ3n) is 9.59. The van der Waals surface area contributed by atoms with E-state index in [4.69, 9.17) is 0 Å². The normalized spacial score (nSPS) is 15.3. The Morgan fingerprint density at radius 1 is 0.689 bits per heavy atom. The van der Waals surface area contributed by atoms with Crippen LogP contribution in [0.1, 0.15) is 95.7 Å². The van der Waals surface area contributed by atoms with Gasteiger partial charge in [-0.25, -0.2) is 0 Å². The van der Waals surface area contributed by atoms with Crippen molar-refractivity contribution in [3.05, 3.63) is 145 Å². The van der Waals surface area contributed by atoms with E-state index in [1.54, 1.807) is 20.9 Å². The van der Waals surface area contributed by atoms with E-state index >= 15 is 0 Å². The summed E-state index contributed by atoms with van der Waals surface area (Å²) < 4.78 is 5.07. The van der Waals surface area contributed by atoms with Crippen molar-refractivity contribution in [2.45, 2.75) is 79.6 Å². The predicted molar refractivity (Wildman–Crippen MR) is 183 cm³/mol. The zero-order chi connectivity index (χ0) is 30.7. The molecule has 6 rings (SSSR count). The van der Waals surface area contributed by atoms with E-state index < -0.39 is 21.3 Å². The van der Waals surface area contributed by atoms with Gasteiger partial charge in [0.1, 0.15) is 0 Å². The number of benzene rings is 4. The summed E-state index contributed by atoms with van der Waals surface area (Å²) in [6.45, 7) is 21.5. The second-order valence-electron chi connectivity index (χ2n) is 14.7. The number of hydrogen-bond donors (Lipinski definition) is 0. The van der Waals surface area contributed by atoms with E-state index in [9.17, 15) is 0 Å². The Labute approximate surface area is 292 Å². The first-order valence-corrected chi connectivity index (χ1v) is 19.6. The summed E-state index contributed by atoms with van der Waals surface area (Å²) in [6.07, 6.45) is 3.56. The van der Waals surface area contributed by atoms with Crippen molar-refractivity contribution in [1.29, 1.82) is 0 Å². The monoisotopic (exact) mass is 710 g/mol. The molecule has 3 heteroatoms. The second kappa shape index (κ2) is 13.4. The summed E-state index contributed by atoms with van der Waals surface area (Å²) in [5, 5.41) is 0. The molecule has 0 saturated heterocycles. The maximum Gasteiger partial charge on any atom is -1.00 e. The first kappa shape index (κ1) is 35.5. The molecule has 0 N–H and O–H groups in total. The maximum absolute atomic E-state index is 2.86. The molecule has 0 aliphatic heterocycles. The van der Waals surface area contributed by atoms with Gasteiger partial charge in [-0.05, 0) is 0 Å². The maximum atomic E-state index is 2.53. The Balaban J connectivity index is 0.00000230. The smallest absolute Gasteiger partial charge is 1.00 e. The molecule has 0 spiro atoms. The molecular weight excluding hydrogens is 667 g/mol. The van der Waals surface area contributed by atoms with Crippen LogP contribution in [0.5, 0.6) is 0 Å². The fourth-order valence-electron chi connectivity index (χ4n) is 7.27. The molecule has 1 unspecified atom stereocenters. The van der Waals surface area contributed by atoms with Crippen molar-refractivity contribution in [2.24, 2.45) is 5.92 Å². The molecule has 0 heterocycles. The van der Waals surface area contributed by atoms with Gasteiger partial charge in [0.05, 0.1) is 0 Å². The van der Waals surface area contributed by atoms with Gasteiger partial charge in [0.25, 0.3) is 0 Å². The molecule has 0 saturated carbocycles. The molecule has 4 aromatic rings. The van der Waals surface area contributed by atoms with Crippen molar-refractivity contribution in [2.75, 3.05) is 0 Å². The first-order valence-electron chi connectivity index (χ1n) is 15.9. The minimum Gasteiger partial charge on any atom is -1.00 e. The average molecular weight is 713 g/mol. The van der Waals surface area contributed by atoms with Crippen LogP contribution >= 0.6 is 0 Å². The molecule has 232 valence electrons. The first-order chi connectivity index (χ1) is 20.4. The van der Waals surface area contributed by atoms with Crippen LogP contribution in [-0.2, 0) is 38.5 Å². The van der Waals surface area contributed by atoms with Crippen LogP contribution < -0.4 is 28.1 Å². The zero-order valence-corrected chi connectivity index (χ0v) is 32.2. The predicted octanol–water partition coefficient (Wildman–Crippen LogP) is 4.24. The van der Waals surface area contributed by atoms with Crippen LogP contribution in [0.15, 0.2) is 111 Å². The largest absolute Gasteiger partial charge is 1.00 e. The molecule has 2 aliphatic rings. The molecule has 45 heavy (non-hydrogen) atoms. The summed E-state index contributed by atoms with van der Waals surface area (Å²) >= 11 is -2.86. The Bertz CT molecular complexity index is 1770. The van der Waals surface area contributed by atoms with E-state index in [2.05, 4.69) is 159 Å². The number of allylic oxidation sites excluding steroid dienone is 4. The van der Waals surface area contributed by atoms with Gasteiger partial charge in [-0.1, -0.05) is 0 Å². The van der Waals surface area contributed by atoms with Crippen LogP contribution in [0.2, 0.25) is 0 Å². The second-order valence-corrected chi connectivity index (χ2v) is 20.3. The summed E-state index contributed by atoms with van der Waals surface area (Å²) in [4.78, 5) is 0. The topological polar surface area (TPSA) is 0 Å². The van der Waals surface area contributed by atoms with Crippen LogP contribution in [0, 0.1) is 5.92 Å². The molecule has 0 amide bonds. The van der Waals surface area contributed by atoms with Gasteiger partial charge in [0.15, 0.2) is 0 Å². The SMILES string of the molecule is CC1=CC(C)[C]([Zr+2](=[C](c2ccccc2)c2ccccc2)[c]2c(C(C)(C)C)ccc3c2Cc2cc(C(C)(C)C)ccc2-3)=C1C.[Cl-].[Cl-]. The summed E-state index contributed by atoms with van der Waals surface area (Å²) in [5.74, 6) is 0.455. The molecule has 0 bridgehead atoms. The third-order valence-corrected chi connectivity index (χ3v) is 18.2. The van der Waals surface area contributed by atoms with Crippen LogP contribution in [0.25, 0.3) is 11.1 Å². The number of halogens is 2. The summed E-state index contributed by atoms with van der Waals surface area (Å²) in [5.41, 5.74) is 14.9. The average Bonchev–Trinajstić information content (AvgIpc) is 3.46. The van der Waals surface area contributed by atoms with Crippen molar-refractivity contribution in [3.63, 3.8) is 0 Å². The van der Waals surface area contributed by atoms with Gasteiger partial charge in [-0.15, -0.1) is 0 Å². The van der Waals surface area contributed by atoms with Crippen molar-refractivity contribution >= 4 is 6.48 Å². The van der Waals surface area contributed by atoms with Crippen molar-refractivity contribution in [1.82, 2.24) is 0 Å². The standard InChI is InChI=1S/C21H25.C13H10.C8H11.2ClH.Zr/c1-20(2,3)16-7-9-18-14(12-16)11-15-13-17(21(4,5)6)8-10-19(15)18;1-3-7-12(8-4-1)11-13-9-5-2-6-10-13;1-6-4-7(2)8(3)5-6;;;/h7-10,12H,11H2,1-6H3;1-10H;4,6H,1-3H3;2*1H;/q;;;;;+2/p-2. The fraction of sp³-hybridized carbons (Fsp3) is 0.310. The Morgan fingerprint density at radius 3 is 1.73 bits per heavy atom. The fourth-order valence-corrected chi connectivity index (χ4v) is 17.3. The minimum atomic E-state index is -2.86. The molecule has 1 atom stereocenters. The van der Waals surface area contributed by atoms with E-state index in [0.717, 1.165) is 6.42 Å². The third kappa shape index (κ3) is 6.61. The quantitative estimate of drug-likeness (QED) is 0.262. The molecule has 0 fully saturated rings. The number of fused-ring (bicyclic) bond motifs is 3. The molecule has 2 aliphatic carbocycles. The van der Waals surface area contributed by atoms with Crippen LogP contribution in [0.3, 0.4) is 0 Å². The Morgan fingerprint density at radius 2 is 1.24 bits per heavy atom. The number of hydrogen-bond acceptors (Lipinski definition) is 0. The summed E-state index contributed by atoms with van der Waals surface area (Å²) in [7, 11) is 0. The van der Waals surface area contributed by atoms with E-state index in [1.807, 2.05) is 0 Å². The van der Waals surface area contributed by atoms with Gasteiger partial charge >= 0.3 is 269 Å².